The Balaban J connectivity index is 2.01. The summed E-state index contributed by atoms with van der Waals surface area (Å²) in [5, 5.41) is 14.0. The lowest BCUT2D eigenvalue weighted by molar-refractivity contribution is -0.137. The summed E-state index contributed by atoms with van der Waals surface area (Å²) < 4.78 is 42.7. The molecule has 0 radical (unpaired) electrons. The minimum atomic E-state index is -4.62. The summed E-state index contributed by atoms with van der Waals surface area (Å²) in [6.45, 7) is 0. The predicted octanol–water partition coefficient (Wildman–Crippen LogP) is 3.74. The summed E-state index contributed by atoms with van der Waals surface area (Å²) in [7, 11) is 1.70. The van der Waals surface area contributed by atoms with E-state index in [2.05, 4.69) is 5.10 Å². The van der Waals surface area contributed by atoms with Crippen LogP contribution in [0.4, 0.5) is 18.9 Å². The lowest BCUT2D eigenvalue weighted by Crippen LogP contribution is -2.39. The molecule has 6 nitrogen and oxygen atoms in total. The maximum atomic E-state index is 13.7. The molecule has 30 heavy (non-hydrogen) atoms. The fourth-order valence-electron chi connectivity index (χ4n) is 4.19. The largest absolute Gasteiger partial charge is 0.418 e. The quantitative estimate of drug-likeness (QED) is 0.810. The van der Waals surface area contributed by atoms with Crippen molar-refractivity contribution in [3.05, 3.63) is 70.5 Å². The van der Waals surface area contributed by atoms with Crippen molar-refractivity contribution in [1.29, 1.82) is 5.26 Å². The second-order valence-electron chi connectivity index (χ2n) is 7.28. The van der Waals surface area contributed by atoms with Gasteiger partial charge in [0.25, 0.3) is 0 Å². The molecule has 1 aromatic carbocycles. The van der Waals surface area contributed by atoms with Crippen LogP contribution in [0.2, 0.25) is 0 Å². The molecule has 2 heterocycles. The number of aryl methyl sites for hydroxylation is 1. The highest BCUT2D eigenvalue weighted by Gasteiger charge is 2.43. The van der Waals surface area contributed by atoms with E-state index in [4.69, 9.17) is 5.73 Å². The monoisotopic (exact) mass is 413 g/mol. The summed E-state index contributed by atoms with van der Waals surface area (Å²) in [5.41, 5.74) is 6.60. The van der Waals surface area contributed by atoms with Crippen molar-refractivity contribution < 1.29 is 18.0 Å². The standard InChI is InChI=1S/C21H18F3N5O/c1-28-11-12(10-27-28)18-13(9-25)20(26)29(16-7-4-8-17(30)19(16)18)15-6-3-2-5-14(15)21(22,23)24/h2-3,5-6,10-11,18H,4,7-8,26H2,1H3/t18-/m1/s1. The van der Waals surface area contributed by atoms with Gasteiger partial charge in [0.05, 0.1) is 35.0 Å². The molecule has 2 N–H and O–H groups in total. The van der Waals surface area contributed by atoms with Crippen LogP contribution >= 0.6 is 0 Å². The molecule has 2 aromatic rings. The molecule has 0 saturated carbocycles. The first-order valence-corrected chi connectivity index (χ1v) is 9.35. The number of allylic oxidation sites excluding steroid dienone is 3. The lowest BCUT2D eigenvalue weighted by atomic mass is 9.76. The van der Waals surface area contributed by atoms with E-state index in [0.717, 1.165) is 6.07 Å². The van der Waals surface area contributed by atoms with Crippen LogP contribution in [0.5, 0.6) is 0 Å². The summed E-state index contributed by atoms with van der Waals surface area (Å²) >= 11 is 0. The van der Waals surface area contributed by atoms with Gasteiger partial charge in [0.1, 0.15) is 5.82 Å². The van der Waals surface area contributed by atoms with Gasteiger partial charge < -0.3 is 5.73 Å². The Kier molecular flexibility index (Phi) is 4.65. The Morgan fingerprint density at radius 3 is 2.63 bits per heavy atom. The normalized spacial score (nSPS) is 19.8. The maximum absolute atomic E-state index is 13.7. The number of nitrogens with two attached hydrogens (primary N) is 1. The highest BCUT2D eigenvalue weighted by molar-refractivity contribution is 6.01. The number of hydrogen-bond acceptors (Lipinski definition) is 5. The molecule has 154 valence electrons. The average molecular weight is 413 g/mol. The topological polar surface area (TPSA) is 87.9 Å². The third-order valence-electron chi connectivity index (χ3n) is 5.42. The van der Waals surface area contributed by atoms with Gasteiger partial charge in [-0.05, 0) is 25.0 Å². The molecule has 0 saturated heterocycles. The van der Waals surface area contributed by atoms with Gasteiger partial charge in [-0.2, -0.15) is 23.5 Å². The van der Waals surface area contributed by atoms with E-state index in [9.17, 15) is 23.2 Å². The zero-order valence-corrected chi connectivity index (χ0v) is 16.1. The van der Waals surface area contributed by atoms with Crippen molar-refractivity contribution in [3.63, 3.8) is 0 Å². The zero-order valence-electron chi connectivity index (χ0n) is 16.1. The molecule has 1 aliphatic heterocycles. The molecule has 4 rings (SSSR count). The van der Waals surface area contributed by atoms with Crippen LogP contribution in [0.25, 0.3) is 0 Å². The molecular weight excluding hydrogens is 395 g/mol. The van der Waals surface area contributed by atoms with Gasteiger partial charge in [-0.15, -0.1) is 0 Å². The molecule has 0 bridgehead atoms. The number of ketones is 1. The molecule has 0 unspecified atom stereocenters. The predicted molar refractivity (Wildman–Crippen MR) is 103 cm³/mol. The first kappa shape index (κ1) is 19.8. The van der Waals surface area contributed by atoms with Gasteiger partial charge >= 0.3 is 6.18 Å². The minimum Gasteiger partial charge on any atom is -0.384 e. The van der Waals surface area contributed by atoms with Crippen LogP contribution in [-0.4, -0.2) is 15.6 Å². The summed E-state index contributed by atoms with van der Waals surface area (Å²) in [6.07, 6.45) is -0.255. The first-order valence-electron chi connectivity index (χ1n) is 9.35. The van der Waals surface area contributed by atoms with E-state index in [1.807, 2.05) is 6.07 Å². The number of benzene rings is 1. The van der Waals surface area contributed by atoms with Crippen LogP contribution in [-0.2, 0) is 18.0 Å². The van der Waals surface area contributed by atoms with Crippen LogP contribution < -0.4 is 10.6 Å². The molecule has 9 heteroatoms. The van der Waals surface area contributed by atoms with E-state index in [1.165, 1.54) is 23.1 Å². The number of carbonyl (C=O) groups excluding carboxylic acids is 1. The zero-order chi connectivity index (χ0) is 21.6. The van der Waals surface area contributed by atoms with Crippen LogP contribution in [0.1, 0.15) is 36.3 Å². The number of Topliss-reactive ketones (excluding diaryl/α,β-unsaturated/α-hetero) is 1. The first-order chi connectivity index (χ1) is 14.2. The Morgan fingerprint density at radius 2 is 2.00 bits per heavy atom. The third-order valence-corrected chi connectivity index (χ3v) is 5.42. The van der Waals surface area contributed by atoms with Crippen LogP contribution in [0.3, 0.4) is 0 Å². The van der Waals surface area contributed by atoms with E-state index in [0.29, 0.717) is 29.7 Å². The number of anilines is 1. The Labute approximate surface area is 170 Å². The summed E-state index contributed by atoms with van der Waals surface area (Å²) in [5.74, 6) is -1.04. The van der Waals surface area contributed by atoms with Crippen molar-refractivity contribution in [3.8, 4) is 6.07 Å². The highest BCUT2D eigenvalue weighted by Crippen LogP contribution is 2.48. The lowest BCUT2D eigenvalue weighted by Gasteiger charge is -2.40. The minimum absolute atomic E-state index is 0.0361. The fraction of sp³-hybridized carbons (Fsp3) is 0.286. The number of aromatic nitrogens is 2. The number of alkyl halides is 3. The summed E-state index contributed by atoms with van der Waals surface area (Å²) in [6, 6.07) is 7.07. The van der Waals surface area contributed by atoms with Gasteiger partial charge in [-0.3, -0.25) is 14.4 Å². The number of hydrogen-bond donors (Lipinski definition) is 1. The van der Waals surface area contributed by atoms with E-state index >= 15 is 0 Å². The van der Waals surface area contributed by atoms with Crippen molar-refractivity contribution in [2.75, 3.05) is 4.90 Å². The number of para-hydroxylation sites is 1. The summed E-state index contributed by atoms with van der Waals surface area (Å²) in [4.78, 5) is 14.2. The van der Waals surface area contributed by atoms with Gasteiger partial charge in [0.2, 0.25) is 0 Å². The van der Waals surface area contributed by atoms with Crippen LogP contribution in [0.15, 0.2) is 59.3 Å². The SMILES string of the molecule is Cn1cc([C@@H]2C(C#N)=C(N)N(c3ccccc3C(F)(F)F)C3=C2C(=O)CCC3)cn1. The van der Waals surface area contributed by atoms with Crippen molar-refractivity contribution in [1.82, 2.24) is 9.78 Å². The van der Waals surface area contributed by atoms with Crippen molar-refractivity contribution in [2.24, 2.45) is 12.8 Å². The smallest absolute Gasteiger partial charge is 0.384 e. The second-order valence-corrected chi connectivity index (χ2v) is 7.28. The fourth-order valence-corrected chi connectivity index (χ4v) is 4.19. The van der Waals surface area contributed by atoms with Gasteiger partial charge in [0, 0.05) is 36.5 Å². The maximum Gasteiger partial charge on any atom is 0.418 e. The molecule has 0 fully saturated rings. The number of nitriles is 1. The second kappa shape index (κ2) is 7.06. The molecule has 2 aliphatic rings. The van der Waals surface area contributed by atoms with E-state index < -0.39 is 17.7 Å². The van der Waals surface area contributed by atoms with E-state index in [-0.39, 0.29) is 29.3 Å². The van der Waals surface area contributed by atoms with Gasteiger partial charge in [-0.25, -0.2) is 0 Å². The Hall–Kier alpha value is -3.54. The molecule has 1 aliphatic carbocycles. The van der Waals surface area contributed by atoms with Crippen molar-refractivity contribution in [2.45, 2.75) is 31.4 Å². The number of nitrogens with zero attached hydrogens (tertiary/aromatic N) is 4. The molecule has 1 atom stereocenters. The number of carbonyl (C=O) groups is 1. The third kappa shape index (κ3) is 3.05. The van der Waals surface area contributed by atoms with Gasteiger partial charge in [-0.1, -0.05) is 12.1 Å². The van der Waals surface area contributed by atoms with E-state index in [1.54, 1.807) is 24.1 Å². The van der Waals surface area contributed by atoms with Crippen LogP contribution in [0, 0.1) is 11.3 Å². The molecular formula is C21H18F3N5O. The van der Waals surface area contributed by atoms with Gasteiger partial charge in [0.15, 0.2) is 5.78 Å². The number of rotatable bonds is 2. The highest BCUT2D eigenvalue weighted by atomic mass is 19.4. The number of halogens is 3. The Bertz CT molecular complexity index is 1140. The Morgan fingerprint density at radius 1 is 1.27 bits per heavy atom. The molecule has 1 aromatic heterocycles. The molecule has 0 spiro atoms. The average Bonchev–Trinajstić information content (AvgIpc) is 3.12. The van der Waals surface area contributed by atoms with Crippen molar-refractivity contribution >= 4 is 11.5 Å². The molecule has 0 amide bonds.